The minimum absolute atomic E-state index is 0.0920. The van der Waals surface area contributed by atoms with Crippen molar-refractivity contribution in [3.05, 3.63) is 137 Å². The van der Waals surface area contributed by atoms with Gasteiger partial charge in [0.25, 0.3) is 0 Å². The van der Waals surface area contributed by atoms with Crippen LogP contribution in [0.1, 0.15) is 51.4 Å². The molecule has 1 N–H and O–H groups in total. The Morgan fingerprint density at radius 3 is 2.27 bits per heavy atom. The molecule has 2 atom stereocenters. The predicted octanol–water partition coefficient (Wildman–Crippen LogP) is 8.38. The number of nitrogens with one attached hydrogen (secondary N) is 1. The molecule has 5 nitrogen and oxygen atoms in total. The van der Waals surface area contributed by atoms with Crippen LogP contribution in [0.4, 0.5) is 5.69 Å². The molecular weight excluding hydrogens is 524 g/mol. The number of rotatable bonds is 6. The second-order valence-electron chi connectivity index (χ2n) is 10.7. The first kappa shape index (κ1) is 26.8. The van der Waals surface area contributed by atoms with Crippen molar-refractivity contribution in [1.82, 2.24) is 14.9 Å². The van der Waals surface area contributed by atoms with Crippen molar-refractivity contribution in [2.45, 2.75) is 46.7 Å². The number of ether oxygens (including phenoxy) is 1. The molecule has 5 aromatic rings. The maximum atomic E-state index is 6.18. The molecule has 206 valence electrons. The third-order valence-electron chi connectivity index (χ3n) is 8.14. The van der Waals surface area contributed by atoms with Crippen LogP contribution in [-0.4, -0.2) is 14.7 Å². The number of thiocarbonyl (C=S) groups is 1. The van der Waals surface area contributed by atoms with E-state index in [1.165, 1.54) is 33.8 Å². The van der Waals surface area contributed by atoms with Crippen molar-refractivity contribution in [1.29, 1.82) is 0 Å². The molecule has 1 aliphatic heterocycles. The molecule has 6 rings (SSSR count). The molecule has 1 saturated heterocycles. The van der Waals surface area contributed by atoms with E-state index in [2.05, 4.69) is 97.9 Å². The average molecular weight is 559 g/mol. The molecule has 0 spiro atoms. The van der Waals surface area contributed by atoms with Gasteiger partial charge in [-0.25, -0.2) is 0 Å². The van der Waals surface area contributed by atoms with E-state index in [-0.39, 0.29) is 12.1 Å². The molecule has 0 aliphatic carbocycles. The van der Waals surface area contributed by atoms with Crippen LogP contribution in [0.5, 0.6) is 11.5 Å². The SMILES string of the molecule is Cc1ccccc1Oc1ccc(N2C(=S)N[C@H](c3ccccn3)[C@H]2c2cc(C)n(-c3cccc(C)c3C)c2C)cc1. The van der Waals surface area contributed by atoms with E-state index in [0.717, 1.165) is 28.4 Å². The van der Waals surface area contributed by atoms with Crippen molar-refractivity contribution in [3.63, 3.8) is 0 Å². The lowest BCUT2D eigenvalue weighted by atomic mass is 9.96. The molecule has 2 aromatic heterocycles. The number of para-hydroxylation sites is 1. The number of aromatic nitrogens is 2. The molecule has 41 heavy (non-hydrogen) atoms. The first-order valence-corrected chi connectivity index (χ1v) is 14.3. The smallest absolute Gasteiger partial charge is 0.174 e. The van der Waals surface area contributed by atoms with Crippen LogP contribution in [-0.2, 0) is 0 Å². The zero-order chi connectivity index (χ0) is 28.7. The Bertz CT molecular complexity index is 1730. The van der Waals surface area contributed by atoms with Gasteiger partial charge in [-0.3, -0.25) is 4.98 Å². The van der Waals surface area contributed by atoms with Crippen LogP contribution in [0.15, 0.2) is 97.2 Å². The molecule has 0 amide bonds. The molecule has 0 saturated carbocycles. The number of hydrogen-bond donors (Lipinski definition) is 1. The number of hydrogen-bond acceptors (Lipinski definition) is 3. The maximum Gasteiger partial charge on any atom is 0.174 e. The van der Waals surface area contributed by atoms with E-state index in [0.29, 0.717) is 5.11 Å². The van der Waals surface area contributed by atoms with Crippen LogP contribution in [0.3, 0.4) is 0 Å². The fourth-order valence-electron chi connectivity index (χ4n) is 5.86. The molecule has 1 fully saturated rings. The summed E-state index contributed by atoms with van der Waals surface area (Å²) < 4.78 is 8.55. The van der Waals surface area contributed by atoms with Gasteiger partial charge in [0.05, 0.1) is 17.8 Å². The van der Waals surface area contributed by atoms with Gasteiger partial charge in [-0.05, 0) is 124 Å². The fraction of sp³-hybridized carbons (Fsp3) is 0.200. The van der Waals surface area contributed by atoms with Crippen LogP contribution in [0.2, 0.25) is 0 Å². The summed E-state index contributed by atoms with van der Waals surface area (Å²) in [7, 11) is 0. The quantitative estimate of drug-likeness (QED) is 0.212. The lowest BCUT2D eigenvalue weighted by Gasteiger charge is -2.28. The molecule has 0 radical (unpaired) electrons. The fourth-order valence-corrected chi connectivity index (χ4v) is 6.20. The first-order valence-electron chi connectivity index (χ1n) is 13.9. The van der Waals surface area contributed by atoms with Gasteiger partial charge in [-0.15, -0.1) is 0 Å². The molecule has 3 aromatic carbocycles. The van der Waals surface area contributed by atoms with Gasteiger partial charge >= 0.3 is 0 Å². The molecule has 0 unspecified atom stereocenters. The minimum Gasteiger partial charge on any atom is -0.457 e. The van der Waals surface area contributed by atoms with Crippen molar-refractivity contribution in [2.24, 2.45) is 0 Å². The third-order valence-corrected chi connectivity index (χ3v) is 8.45. The number of aryl methyl sites for hydroxylation is 3. The first-order chi connectivity index (χ1) is 19.8. The predicted molar refractivity (Wildman–Crippen MR) is 170 cm³/mol. The van der Waals surface area contributed by atoms with E-state index in [1.807, 2.05) is 48.7 Å². The lowest BCUT2D eigenvalue weighted by molar-refractivity contribution is 0.479. The Hall–Kier alpha value is -4.42. The summed E-state index contributed by atoms with van der Waals surface area (Å²) in [5, 5.41) is 4.28. The standard InChI is InChI=1S/C35H34N4OS/c1-22-12-10-14-31(25(22)4)38-24(3)21-29(26(38)5)34-33(30-13-8-9-20-36-30)37-35(41)39(34)27-16-18-28(19-17-27)40-32-15-7-6-11-23(32)2/h6-21,33-34H,1-5H3,(H,37,41)/t33-,34-/m1/s1. The summed E-state index contributed by atoms with van der Waals surface area (Å²) in [4.78, 5) is 6.96. The molecule has 1 aliphatic rings. The Morgan fingerprint density at radius 2 is 1.54 bits per heavy atom. The highest BCUT2D eigenvalue weighted by Gasteiger charge is 2.42. The van der Waals surface area contributed by atoms with Crippen LogP contribution in [0, 0.1) is 34.6 Å². The van der Waals surface area contributed by atoms with E-state index in [9.17, 15) is 0 Å². The number of anilines is 1. The Morgan fingerprint density at radius 1 is 0.805 bits per heavy atom. The van der Waals surface area contributed by atoms with Crippen LogP contribution >= 0.6 is 12.2 Å². The molecule has 6 heteroatoms. The normalized spacial score (nSPS) is 16.6. The summed E-state index contributed by atoms with van der Waals surface area (Å²) in [6, 6.07) is 30.9. The van der Waals surface area contributed by atoms with Crippen LogP contribution in [0.25, 0.3) is 5.69 Å². The van der Waals surface area contributed by atoms with Gasteiger partial charge in [0.15, 0.2) is 5.11 Å². The molecule has 0 bridgehead atoms. The monoisotopic (exact) mass is 558 g/mol. The van der Waals surface area contributed by atoms with E-state index >= 15 is 0 Å². The second kappa shape index (κ2) is 10.9. The summed E-state index contributed by atoms with van der Waals surface area (Å²) in [5.74, 6) is 1.64. The Balaban J connectivity index is 1.43. The van der Waals surface area contributed by atoms with Gasteiger partial charge in [-0.1, -0.05) is 36.4 Å². The average Bonchev–Trinajstić information content (AvgIpc) is 3.47. The highest BCUT2D eigenvalue weighted by Crippen LogP contribution is 2.44. The van der Waals surface area contributed by atoms with Crippen molar-refractivity contribution in [3.8, 4) is 17.2 Å². The van der Waals surface area contributed by atoms with E-state index < -0.39 is 0 Å². The zero-order valence-corrected chi connectivity index (χ0v) is 24.9. The molecular formula is C35H34N4OS. The van der Waals surface area contributed by atoms with Crippen molar-refractivity contribution < 1.29 is 4.74 Å². The largest absolute Gasteiger partial charge is 0.457 e. The van der Waals surface area contributed by atoms with E-state index in [1.54, 1.807) is 0 Å². The topological polar surface area (TPSA) is 42.3 Å². The highest BCUT2D eigenvalue weighted by atomic mass is 32.1. The highest BCUT2D eigenvalue weighted by molar-refractivity contribution is 7.80. The number of pyridine rings is 1. The maximum absolute atomic E-state index is 6.18. The zero-order valence-electron chi connectivity index (χ0n) is 24.1. The van der Waals surface area contributed by atoms with Crippen LogP contribution < -0.4 is 15.0 Å². The number of nitrogens with zero attached hydrogens (tertiary/aromatic N) is 3. The second-order valence-corrected chi connectivity index (χ2v) is 11.1. The Kier molecular flexibility index (Phi) is 7.10. The van der Waals surface area contributed by atoms with Crippen molar-refractivity contribution >= 4 is 23.0 Å². The summed E-state index contributed by atoms with van der Waals surface area (Å²) in [6.07, 6.45) is 1.84. The molecule has 3 heterocycles. The van der Waals surface area contributed by atoms with Gasteiger partial charge in [-0.2, -0.15) is 0 Å². The third kappa shape index (κ3) is 4.89. The lowest BCUT2D eigenvalue weighted by Crippen LogP contribution is -2.29. The van der Waals surface area contributed by atoms with E-state index in [4.69, 9.17) is 21.9 Å². The number of benzene rings is 3. The summed E-state index contributed by atoms with van der Waals surface area (Å²) in [6.45, 7) is 10.8. The van der Waals surface area contributed by atoms with Gasteiger partial charge in [0.2, 0.25) is 0 Å². The minimum atomic E-state index is -0.112. The Labute approximate surface area is 247 Å². The summed E-state index contributed by atoms with van der Waals surface area (Å²) >= 11 is 5.99. The van der Waals surface area contributed by atoms with Crippen molar-refractivity contribution in [2.75, 3.05) is 4.90 Å². The van der Waals surface area contributed by atoms with Gasteiger partial charge in [0, 0.05) is 29.0 Å². The van der Waals surface area contributed by atoms with Gasteiger partial charge in [0.1, 0.15) is 11.5 Å². The van der Waals surface area contributed by atoms with Gasteiger partial charge < -0.3 is 19.5 Å². The summed E-state index contributed by atoms with van der Waals surface area (Å²) in [5.41, 5.74) is 10.4.